The molecular formula is C27H37N3. The lowest BCUT2D eigenvalue weighted by molar-refractivity contribution is 0.290. The molecule has 3 heteroatoms. The number of amidine groups is 1. The average Bonchev–Trinajstić information content (AvgIpc) is 2.75. The molecule has 1 unspecified atom stereocenters. The van der Waals surface area contributed by atoms with Crippen molar-refractivity contribution in [1.29, 1.82) is 0 Å². The maximum absolute atomic E-state index is 5.16. The summed E-state index contributed by atoms with van der Waals surface area (Å²) >= 11 is 0. The topological polar surface area (TPSA) is 27.6 Å². The maximum atomic E-state index is 5.16. The number of unbranched alkanes of at least 4 members (excludes halogenated alkanes) is 1. The molecule has 1 N–H and O–H groups in total. The van der Waals surface area contributed by atoms with E-state index in [1.807, 2.05) is 0 Å². The largest absolute Gasteiger partial charge is 0.366 e. The van der Waals surface area contributed by atoms with Crippen molar-refractivity contribution in [3.05, 3.63) is 82.4 Å². The molecule has 0 bridgehead atoms. The highest BCUT2D eigenvalue weighted by Gasteiger charge is 2.32. The fraction of sp³-hybridized carbons (Fsp3) is 0.444. The maximum Gasteiger partial charge on any atom is 0.137 e. The molecule has 1 aromatic carbocycles. The van der Waals surface area contributed by atoms with Crippen LogP contribution in [0.2, 0.25) is 0 Å². The van der Waals surface area contributed by atoms with E-state index in [2.05, 4.69) is 87.8 Å². The minimum absolute atomic E-state index is 0.429. The molecule has 2 heterocycles. The molecule has 0 aromatic heterocycles. The van der Waals surface area contributed by atoms with Crippen LogP contribution < -0.4 is 5.32 Å². The van der Waals surface area contributed by atoms with E-state index < -0.39 is 0 Å². The van der Waals surface area contributed by atoms with Gasteiger partial charge in [0.2, 0.25) is 0 Å². The molecule has 160 valence electrons. The molecule has 2 aliphatic rings. The zero-order valence-electron chi connectivity index (χ0n) is 19.4. The Labute approximate surface area is 183 Å². The monoisotopic (exact) mass is 403 g/mol. The summed E-state index contributed by atoms with van der Waals surface area (Å²) in [5.74, 6) is 1.36. The minimum atomic E-state index is 0.429. The highest BCUT2D eigenvalue weighted by atomic mass is 15.2. The molecule has 2 aliphatic heterocycles. The minimum Gasteiger partial charge on any atom is -0.366 e. The molecule has 1 aromatic rings. The van der Waals surface area contributed by atoms with E-state index in [0.717, 1.165) is 43.0 Å². The van der Waals surface area contributed by atoms with Crippen LogP contribution in [-0.4, -0.2) is 23.8 Å². The van der Waals surface area contributed by atoms with Crippen molar-refractivity contribution in [2.75, 3.05) is 13.1 Å². The molecule has 0 radical (unpaired) electrons. The Kier molecular flexibility index (Phi) is 7.36. The number of hydrogen-bond acceptors (Lipinski definition) is 3. The van der Waals surface area contributed by atoms with Gasteiger partial charge in [0.15, 0.2) is 0 Å². The van der Waals surface area contributed by atoms with Gasteiger partial charge >= 0.3 is 0 Å². The molecule has 3 nitrogen and oxygen atoms in total. The van der Waals surface area contributed by atoms with Crippen molar-refractivity contribution in [1.82, 2.24) is 10.2 Å². The summed E-state index contributed by atoms with van der Waals surface area (Å²) in [5.41, 5.74) is 8.59. The second-order valence-electron chi connectivity index (χ2n) is 8.48. The van der Waals surface area contributed by atoms with Crippen molar-refractivity contribution in [3.8, 4) is 0 Å². The molecule has 1 atom stereocenters. The van der Waals surface area contributed by atoms with E-state index in [9.17, 15) is 0 Å². The number of rotatable bonds is 7. The van der Waals surface area contributed by atoms with E-state index in [1.165, 1.54) is 40.9 Å². The Morgan fingerprint density at radius 3 is 2.63 bits per heavy atom. The van der Waals surface area contributed by atoms with Crippen molar-refractivity contribution >= 4 is 5.84 Å². The van der Waals surface area contributed by atoms with E-state index in [4.69, 9.17) is 4.99 Å². The number of nitrogens with one attached hydrogen (secondary N) is 1. The smallest absolute Gasteiger partial charge is 0.137 e. The second-order valence-corrected chi connectivity index (χ2v) is 8.48. The van der Waals surface area contributed by atoms with Gasteiger partial charge in [0.05, 0.1) is 5.70 Å². The summed E-state index contributed by atoms with van der Waals surface area (Å²) in [6, 6.07) is 8.58. The molecule has 0 saturated carbocycles. The Morgan fingerprint density at radius 1 is 1.27 bits per heavy atom. The van der Waals surface area contributed by atoms with E-state index in [1.54, 1.807) is 0 Å². The first-order valence-corrected chi connectivity index (χ1v) is 11.4. The van der Waals surface area contributed by atoms with Crippen LogP contribution in [0.25, 0.3) is 0 Å². The Bertz CT molecular complexity index is 897. The molecule has 0 aliphatic carbocycles. The van der Waals surface area contributed by atoms with Gasteiger partial charge in [0.25, 0.3) is 0 Å². The van der Waals surface area contributed by atoms with E-state index in [0.29, 0.717) is 5.92 Å². The Hall–Kier alpha value is -2.55. The summed E-state index contributed by atoms with van der Waals surface area (Å²) in [5, 5.41) is 3.50. The lowest BCUT2D eigenvalue weighted by Gasteiger charge is -2.40. The fourth-order valence-electron chi connectivity index (χ4n) is 4.30. The third kappa shape index (κ3) is 4.77. The summed E-state index contributed by atoms with van der Waals surface area (Å²) < 4.78 is 0. The zero-order chi connectivity index (χ0) is 21.7. The molecule has 3 rings (SSSR count). The number of hydrogen-bond donors (Lipinski definition) is 1. The molecular weight excluding hydrogens is 366 g/mol. The lowest BCUT2D eigenvalue weighted by Crippen LogP contribution is -2.42. The van der Waals surface area contributed by atoms with Gasteiger partial charge in [0.1, 0.15) is 5.84 Å². The predicted octanol–water partition coefficient (Wildman–Crippen LogP) is 6.49. The predicted molar refractivity (Wildman–Crippen MR) is 129 cm³/mol. The SMILES string of the molecule is C=C1NC(c2ccc(C)cc2)=NC2=C1CN(C(=C\CC)/C(C)=C/C)CC2CCCC. The Balaban J connectivity index is 2.01. The molecule has 0 fully saturated rings. The molecule has 0 spiro atoms. The lowest BCUT2D eigenvalue weighted by atomic mass is 9.88. The van der Waals surface area contributed by atoms with Gasteiger partial charge in [-0.25, -0.2) is 4.99 Å². The second kappa shape index (κ2) is 9.97. The number of allylic oxidation sites excluding steroid dienone is 3. The van der Waals surface area contributed by atoms with E-state index in [-0.39, 0.29) is 0 Å². The summed E-state index contributed by atoms with van der Waals surface area (Å²) in [6.45, 7) is 17.2. The quantitative estimate of drug-likeness (QED) is 0.527. The van der Waals surface area contributed by atoms with Gasteiger partial charge in [0, 0.05) is 41.5 Å². The van der Waals surface area contributed by atoms with Crippen LogP contribution in [-0.2, 0) is 0 Å². The third-order valence-corrected chi connectivity index (χ3v) is 6.16. The highest BCUT2D eigenvalue weighted by molar-refractivity contribution is 6.01. The van der Waals surface area contributed by atoms with Crippen LogP contribution in [0.4, 0.5) is 0 Å². The van der Waals surface area contributed by atoms with Gasteiger partial charge in [-0.2, -0.15) is 0 Å². The van der Waals surface area contributed by atoms with Crippen LogP contribution in [0.1, 0.15) is 64.5 Å². The standard InChI is InChI=1S/C27H37N3/c1-7-10-12-23-17-30(25(11-8-2)20(5)9-3)18-24-21(6)28-27(29-26(23)24)22-15-13-19(4)14-16-22/h9,11,13-16,23H,6-8,10,12,17-18H2,1-5H3,(H,28,29)/b20-9+,25-11-. The van der Waals surface area contributed by atoms with E-state index >= 15 is 0 Å². The van der Waals surface area contributed by atoms with Gasteiger partial charge in [-0.1, -0.05) is 75.2 Å². The van der Waals surface area contributed by atoms with Crippen molar-refractivity contribution in [2.24, 2.45) is 10.9 Å². The van der Waals surface area contributed by atoms with Gasteiger partial charge in [-0.3, -0.25) is 0 Å². The van der Waals surface area contributed by atoms with Crippen LogP contribution in [0.15, 0.2) is 76.2 Å². The van der Waals surface area contributed by atoms with Crippen molar-refractivity contribution < 1.29 is 0 Å². The first-order chi connectivity index (χ1) is 14.5. The molecule has 0 saturated heterocycles. The van der Waals surface area contributed by atoms with Crippen molar-refractivity contribution in [2.45, 2.75) is 60.3 Å². The first kappa shape index (κ1) is 22.1. The summed E-state index contributed by atoms with van der Waals surface area (Å²) in [6.07, 6.45) is 9.21. The normalized spacial score (nSPS) is 20.2. The summed E-state index contributed by atoms with van der Waals surface area (Å²) in [4.78, 5) is 7.70. The number of benzene rings is 1. The molecule has 0 amide bonds. The number of aliphatic imine (C=N–C) groups is 1. The Morgan fingerprint density at radius 2 is 2.00 bits per heavy atom. The third-order valence-electron chi connectivity index (χ3n) is 6.16. The van der Waals surface area contributed by atoms with Gasteiger partial charge in [-0.05, 0) is 39.2 Å². The van der Waals surface area contributed by atoms with Crippen LogP contribution in [0.3, 0.4) is 0 Å². The van der Waals surface area contributed by atoms with Gasteiger partial charge < -0.3 is 10.2 Å². The zero-order valence-corrected chi connectivity index (χ0v) is 19.4. The summed E-state index contributed by atoms with van der Waals surface area (Å²) in [7, 11) is 0. The highest BCUT2D eigenvalue weighted by Crippen LogP contribution is 2.36. The van der Waals surface area contributed by atoms with Gasteiger partial charge in [-0.15, -0.1) is 0 Å². The number of nitrogens with zero attached hydrogens (tertiary/aromatic N) is 2. The number of aryl methyl sites for hydroxylation is 1. The van der Waals surface area contributed by atoms with Crippen LogP contribution >= 0.6 is 0 Å². The first-order valence-electron chi connectivity index (χ1n) is 11.4. The fourth-order valence-corrected chi connectivity index (χ4v) is 4.30. The molecule has 30 heavy (non-hydrogen) atoms. The van der Waals surface area contributed by atoms with Crippen LogP contribution in [0.5, 0.6) is 0 Å². The average molecular weight is 404 g/mol. The van der Waals surface area contributed by atoms with Crippen LogP contribution in [0, 0.1) is 12.8 Å². The van der Waals surface area contributed by atoms with Crippen molar-refractivity contribution in [3.63, 3.8) is 0 Å².